The number of anilines is 2. The van der Waals surface area contributed by atoms with Crippen LogP contribution in [0.25, 0.3) is 0 Å². The number of hydrogen-bond acceptors (Lipinski definition) is 5. The predicted octanol–water partition coefficient (Wildman–Crippen LogP) is 2.89. The lowest BCUT2D eigenvalue weighted by molar-refractivity contribution is -0.123. The molecule has 1 unspecified atom stereocenters. The third kappa shape index (κ3) is 4.33. The van der Waals surface area contributed by atoms with Crippen LogP contribution in [0.2, 0.25) is 0 Å². The lowest BCUT2D eigenvalue weighted by Crippen LogP contribution is -2.41. The van der Waals surface area contributed by atoms with Crippen LogP contribution in [0, 0.1) is 18.7 Å². The van der Waals surface area contributed by atoms with Gasteiger partial charge in [0.05, 0.1) is 10.6 Å². The van der Waals surface area contributed by atoms with Crippen molar-refractivity contribution in [2.45, 2.75) is 37.7 Å². The number of benzene rings is 2. The van der Waals surface area contributed by atoms with Gasteiger partial charge in [0.2, 0.25) is 15.9 Å². The number of halogens is 1. The highest BCUT2D eigenvalue weighted by molar-refractivity contribution is 7.89. The number of carbonyl (C=O) groups excluding carboxylic acids is 2. The van der Waals surface area contributed by atoms with Gasteiger partial charge < -0.3 is 15.4 Å². The molecule has 8 nitrogen and oxygen atoms in total. The molecule has 0 aromatic heterocycles. The van der Waals surface area contributed by atoms with Gasteiger partial charge >= 0.3 is 0 Å². The fourth-order valence-corrected chi connectivity index (χ4v) is 5.59. The predicted molar refractivity (Wildman–Crippen MR) is 116 cm³/mol. The molecule has 2 aliphatic rings. The number of nitrogens with one attached hydrogen (secondary N) is 2. The van der Waals surface area contributed by atoms with Crippen molar-refractivity contribution in [3.8, 4) is 5.75 Å². The Balaban J connectivity index is 1.45. The van der Waals surface area contributed by atoms with Crippen LogP contribution >= 0.6 is 0 Å². The van der Waals surface area contributed by atoms with Crippen LogP contribution in [0.15, 0.2) is 41.3 Å². The maximum absolute atomic E-state index is 13.3. The molecule has 2 aromatic rings. The van der Waals surface area contributed by atoms with Crippen molar-refractivity contribution in [3.05, 3.63) is 47.8 Å². The second-order valence-corrected chi connectivity index (χ2v) is 9.94. The van der Waals surface area contributed by atoms with Gasteiger partial charge in [-0.15, -0.1) is 0 Å². The monoisotopic (exact) mass is 461 g/mol. The van der Waals surface area contributed by atoms with E-state index < -0.39 is 16.1 Å². The van der Waals surface area contributed by atoms with Crippen molar-refractivity contribution in [1.82, 2.24) is 4.31 Å². The highest BCUT2D eigenvalue weighted by atomic mass is 32.2. The molecule has 170 valence electrons. The van der Waals surface area contributed by atoms with Crippen molar-refractivity contribution >= 4 is 33.2 Å². The molecule has 0 aliphatic carbocycles. The van der Waals surface area contributed by atoms with E-state index in [9.17, 15) is 22.4 Å². The van der Waals surface area contributed by atoms with Crippen LogP contribution in [0.5, 0.6) is 5.75 Å². The number of hydrogen-bond donors (Lipinski definition) is 2. The molecular formula is C22H24FN3O5S. The summed E-state index contributed by atoms with van der Waals surface area (Å²) < 4.78 is 46.5. The van der Waals surface area contributed by atoms with E-state index in [4.69, 9.17) is 4.74 Å². The second-order valence-electron chi connectivity index (χ2n) is 8.04. The molecule has 2 N–H and O–H groups in total. The van der Waals surface area contributed by atoms with Crippen LogP contribution in [0.3, 0.4) is 0 Å². The largest absolute Gasteiger partial charge is 0.479 e. The zero-order valence-electron chi connectivity index (χ0n) is 17.7. The van der Waals surface area contributed by atoms with Gasteiger partial charge in [0.25, 0.3) is 5.91 Å². The number of aryl methyl sites for hydroxylation is 1. The van der Waals surface area contributed by atoms with E-state index in [0.717, 1.165) is 0 Å². The summed E-state index contributed by atoms with van der Waals surface area (Å²) in [6.07, 6.45) is 0.0378. The Morgan fingerprint density at radius 1 is 1.19 bits per heavy atom. The molecule has 1 atom stereocenters. The van der Waals surface area contributed by atoms with Crippen molar-refractivity contribution in [2.24, 2.45) is 5.92 Å². The molecule has 0 spiro atoms. The zero-order chi connectivity index (χ0) is 23.0. The molecule has 0 bridgehead atoms. The van der Waals surface area contributed by atoms with Crippen molar-refractivity contribution < 1.29 is 27.1 Å². The number of fused-ring (bicyclic) bond motifs is 1. The van der Waals surface area contributed by atoms with Gasteiger partial charge in [-0.1, -0.05) is 0 Å². The number of amides is 2. The highest BCUT2D eigenvalue weighted by Gasteiger charge is 2.34. The van der Waals surface area contributed by atoms with Crippen molar-refractivity contribution in [2.75, 3.05) is 23.7 Å². The molecule has 2 amide bonds. The molecule has 32 heavy (non-hydrogen) atoms. The Kier molecular flexibility index (Phi) is 5.91. The summed E-state index contributed by atoms with van der Waals surface area (Å²) in [5.74, 6) is -0.906. The fourth-order valence-electron chi connectivity index (χ4n) is 3.90. The molecule has 0 radical (unpaired) electrons. The zero-order valence-corrected chi connectivity index (χ0v) is 18.5. The molecule has 2 aromatic carbocycles. The smallest absolute Gasteiger partial charge is 0.265 e. The standard InChI is InChI=1S/C22H24FN3O5S/c1-13-11-18-19(31-14(2)21(27)25-18)12-20(13)32(29,30)26-9-7-15(8-10-26)22(28)24-17-5-3-16(23)4-6-17/h3-6,11-12,14-15H,7-10H2,1-2H3,(H,24,28)(H,25,27). The summed E-state index contributed by atoms with van der Waals surface area (Å²) in [5.41, 5.74) is 1.44. The van der Waals surface area contributed by atoms with E-state index in [1.54, 1.807) is 19.9 Å². The quantitative estimate of drug-likeness (QED) is 0.729. The van der Waals surface area contributed by atoms with Gasteiger partial charge in [0, 0.05) is 30.8 Å². The van der Waals surface area contributed by atoms with Gasteiger partial charge in [0.15, 0.2) is 6.10 Å². The van der Waals surface area contributed by atoms with Crippen LogP contribution in [-0.2, 0) is 19.6 Å². The lowest BCUT2D eigenvalue weighted by Gasteiger charge is -2.31. The minimum Gasteiger partial charge on any atom is -0.479 e. The second kappa shape index (κ2) is 8.51. The van der Waals surface area contributed by atoms with E-state index >= 15 is 0 Å². The minimum atomic E-state index is -3.80. The molecular weight excluding hydrogens is 437 g/mol. The first-order valence-corrected chi connectivity index (χ1v) is 11.8. The van der Waals surface area contributed by atoms with Crippen molar-refractivity contribution in [1.29, 1.82) is 0 Å². The lowest BCUT2D eigenvalue weighted by atomic mass is 9.97. The first-order valence-electron chi connectivity index (χ1n) is 10.3. The number of nitrogens with zero attached hydrogens (tertiary/aromatic N) is 1. The maximum atomic E-state index is 13.3. The molecule has 10 heteroatoms. The van der Waals surface area contributed by atoms with E-state index in [2.05, 4.69) is 10.6 Å². The number of sulfonamides is 1. The average Bonchev–Trinajstić information content (AvgIpc) is 2.76. The summed E-state index contributed by atoms with van der Waals surface area (Å²) in [5, 5.41) is 5.46. The third-order valence-electron chi connectivity index (χ3n) is 5.76. The van der Waals surface area contributed by atoms with Gasteiger partial charge in [-0.2, -0.15) is 4.31 Å². The number of carbonyl (C=O) groups is 2. The Morgan fingerprint density at radius 3 is 2.50 bits per heavy atom. The van der Waals surface area contributed by atoms with Gasteiger partial charge in [-0.25, -0.2) is 12.8 Å². The van der Waals surface area contributed by atoms with Gasteiger partial charge in [0.1, 0.15) is 11.6 Å². The van der Waals surface area contributed by atoms with Crippen LogP contribution < -0.4 is 15.4 Å². The molecule has 1 saturated heterocycles. The fraction of sp³-hybridized carbons (Fsp3) is 0.364. The topological polar surface area (TPSA) is 105 Å². The van der Waals surface area contributed by atoms with Crippen LogP contribution in [0.4, 0.5) is 15.8 Å². The number of rotatable bonds is 4. The van der Waals surface area contributed by atoms with E-state index in [0.29, 0.717) is 35.5 Å². The molecule has 1 fully saturated rings. The molecule has 2 aliphatic heterocycles. The summed E-state index contributed by atoms with van der Waals surface area (Å²) >= 11 is 0. The first kappa shape index (κ1) is 22.2. The summed E-state index contributed by atoms with van der Waals surface area (Å²) in [6, 6.07) is 8.54. The maximum Gasteiger partial charge on any atom is 0.265 e. The third-order valence-corrected chi connectivity index (χ3v) is 7.80. The Bertz CT molecular complexity index is 1160. The first-order chi connectivity index (χ1) is 15.1. The van der Waals surface area contributed by atoms with Gasteiger partial charge in [-0.05, 0) is 62.6 Å². The molecule has 4 rings (SSSR count). The molecule has 0 saturated carbocycles. The SMILES string of the molecule is Cc1cc2c(cc1S(=O)(=O)N1CCC(C(=O)Nc3ccc(F)cc3)CC1)OC(C)C(=O)N2. The molecule has 2 heterocycles. The number of ether oxygens (including phenoxy) is 1. The Morgan fingerprint density at radius 2 is 1.84 bits per heavy atom. The Hall–Kier alpha value is -2.98. The summed E-state index contributed by atoms with van der Waals surface area (Å²) in [7, 11) is -3.80. The summed E-state index contributed by atoms with van der Waals surface area (Å²) in [6.45, 7) is 3.66. The van der Waals surface area contributed by atoms with Crippen molar-refractivity contribution in [3.63, 3.8) is 0 Å². The minimum absolute atomic E-state index is 0.119. The van der Waals surface area contributed by atoms with Crippen LogP contribution in [0.1, 0.15) is 25.3 Å². The number of piperidine rings is 1. The van der Waals surface area contributed by atoms with Crippen LogP contribution in [-0.4, -0.2) is 43.7 Å². The Labute approximate surface area is 185 Å². The van der Waals surface area contributed by atoms with E-state index in [1.807, 2.05) is 0 Å². The van der Waals surface area contributed by atoms with E-state index in [-0.39, 0.29) is 41.5 Å². The highest BCUT2D eigenvalue weighted by Crippen LogP contribution is 2.36. The normalized spacial score (nSPS) is 19.6. The summed E-state index contributed by atoms with van der Waals surface area (Å²) in [4.78, 5) is 24.4. The average molecular weight is 462 g/mol. The van der Waals surface area contributed by atoms with E-state index in [1.165, 1.54) is 34.6 Å². The van der Waals surface area contributed by atoms with Gasteiger partial charge in [-0.3, -0.25) is 9.59 Å².